The van der Waals surface area contributed by atoms with E-state index in [9.17, 15) is 5.11 Å². The van der Waals surface area contributed by atoms with E-state index in [2.05, 4.69) is 29.2 Å². The number of aliphatic hydroxyl groups is 1. The summed E-state index contributed by atoms with van der Waals surface area (Å²) in [7, 11) is 0. The smallest absolute Gasteiger partial charge is 0.109 e. The molecule has 3 atom stereocenters. The summed E-state index contributed by atoms with van der Waals surface area (Å²) in [6.45, 7) is 3.50. The van der Waals surface area contributed by atoms with E-state index >= 15 is 0 Å². The van der Waals surface area contributed by atoms with Gasteiger partial charge in [0.05, 0.1) is 12.2 Å². The van der Waals surface area contributed by atoms with Crippen LogP contribution >= 0.6 is 0 Å². The van der Waals surface area contributed by atoms with Crippen LogP contribution in [-0.2, 0) is 4.74 Å². The average molecular weight is 315 g/mol. The first-order valence-corrected chi connectivity index (χ1v) is 9.42. The van der Waals surface area contributed by atoms with Crippen LogP contribution in [0.5, 0.6) is 0 Å². The molecule has 3 heteroatoms. The van der Waals surface area contributed by atoms with Crippen molar-refractivity contribution in [3.8, 4) is 0 Å². The Labute approximate surface area is 139 Å². The van der Waals surface area contributed by atoms with Crippen LogP contribution in [-0.4, -0.2) is 41.8 Å². The van der Waals surface area contributed by atoms with Crippen LogP contribution in [0.4, 0.5) is 0 Å². The van der Waals surface area contributed by atoms with Crippen molar-refractivity contribution in [1.82, 2.24) is 4.90 Å². The minimum Gasteiger partial charge on any atom is -0.390 e. The van der Waals surface area contributed by atoms with E-state index in [4.69, 9.17) is 4.74 Å². The van der Waals surface area contributed by atoms with Gasteiger partial charge in [-0.15, -0.1) is 0 Å². The van der Waals surface area contributed by atoms with Crippen LogP contribution < -0.4 is 0 Å². The summed E-state index contributed by atoms with van der Waals surface area (Å²) in [5.74, 6) is 1.09. The molecule has 4 fully saturated rings. The topological polar surface area (TPSA) is 32.7 Å². The SMILES string of the molecule is OC(C1CCCC1)C(OC1CN2CCC1CC2)c1ccccc1. The molecule has 0 aromatic heterocycles. The fourth-order valence-corrected chi connectivity index (χ4v) is 4.80. The summed E-state index contributed by atoms with van der Waals surface area (Å²) in [6, 6.07) is 10.4. The second kappa shape index (κ2) is 6.92. The lowest BCUT2D eigenvalue weighted by Crippen LogP contribution is -2.52. The molecule has 1 aromatic rings. The molecule has 1 aliphatic carbocycles. The van der Waals surface area contributed by atoms with Crippen molar-refractivity contribution >= 4 is 0 Å². The zero-order chi connectivity index (χ0) is 15.6. The second-order valence-electron chi connectivity index (χ2n) is 7.68. The molecular weight excluding hydrogens is 286 g/mol. The largest absolute Gasteiger partial charge is 0.390 e. The molecule has 3 heterocycles. The number of fused-ring (bicyclic) bond motifs is 3. The van der Waals surface area contributed by atoms with Gasteiger partial charge < -0.3 is 14.7 Å². The van der Waals surface area contributed by atoms with E-state index in [-0.39, 0.29) is 12.2 Å². The van der Waals surface area contributed by atoms with Crippen molar-refractivity contribution in [2.24, 2.45) is 11.8 Å². The van der Waals surface area contributed by atoms with E-state index in [0.717, 1.165) is 24.9 Å². The summed E-state index contributed by atoms with van der Waals surface area (Å²) in [4.78, 5) is 2.52. The number of ether oxygens (including phenoxy) is 1. The lowest BCUT2D eigenvalue weighted by atomic mass is 9.85. The lowest BCUT2D eigenvalue weighted by Gasteiger charge is -2.46. The number of nitrogens with zero attached hydrogens (tertiary/aromatic N) is 1. The first-order chi connectivity index (χ1) is 11.3. The molecule has 23 heavy (non-hydrogen) atoms. The molecule has 1 aromatic carbocycles. The van der Waals surface area contributed by atoms with Gasteiger partial charge in [0, 0.05) is 6.54 Å². The minimum atomic E-state index is -0.365. The van der Waals surface area contributed by atoms with Gasteiger partial charge in [0.25, 0.3) is 0 Å². The molecule has 3 unspecified atom stereocenters. The molecule has 3 aliphatic heterocycles. The quantitative estimate of drug-likeness (QED) is 0.904. The van der Waals surface area contributed by atoms with Gasteiger partial charge in [0.15, 0.2) is 0 Å². The molecule has 4 aliphatic rings. The highest BCUT2D eigenvalue weighted by atomic mass is 16.5. The number of aliphatic hydroxyl groups excluding tert-OH is 1. The highest BCUT2D eigenvalue weighted by Gasteiger charge is 2.39. The van der Waals surface area contributed by atoms with Crippen LogP contribution in [0, 0.1) is 11.8 Å². The summed E-state index contributed by atoms with van der Waals surface area (Å²) < 4.78 is 6.59. The van der Waals surface area contributed by atoms with Crippen molar-refractivity contribution < 1.29 is 9.84 Å². The average Bonchev–Trinajstić information content (AvgIpc) is 3.16. The third kappa shape index (κ3) is 3.33. The third-order valence-electron chi connectivity index (χ3n) is 6.24. The Kier molecular flexibility index (Phi) is 4.70. The maximum atomic E-state index is 11.0. The molecule has 2 bridgehead atoms. The molecule has 3 saturated heterocycles. The third-order valence-corrected chi connectivity index (χ3v) is 6.24. The lowest BCUT2D eigenvalue weighted by molar-refractivity contribution is -0.146. The van der Waals surface area contributed by atoms with Crippen LogP contribution in [0.15, 0.2) is 30.3 Å². The summed E-state index contributed by atoms with van der Waals surface area (Å²) >= 11 is 0. The molecule has 1 saturated carbocycles. The van der Waals surface area contributed by atoms with Gasteiger partial charge in [-0.1, -0.05) is 43.2 Å². The van der Waals surface area contributed by atoms with Crippen molar-refractivity contribution in [2.75, 3.05) is 19.6 Å². The number of rotatable bonds is 5. The molecule has 5 rings (SSSR count). The highest BCUT2D eigenvalue weighted by Crippen LogP contribution is 2.38. The van der Waals surface area contributed by atoms with Gasteiger partial charge in [0.2, 0.25) is 0 Å². The Hall–Kier alpha value is -0.900. The first-order valence-electron chi connectivity index (χ1n) is 9.42. The van der Waals surface area contributed by atoms with Crippen LogP contribution in [0.2, 0.25) is 0 Å². The Balaban J connectivity index is 1.52. The van der Waals surface area contributed by atoms with E-state index < -0.39 is 0 Å². The molecule has 126 valence electrons. The monoisotopic (exact) mass is 315 g/mol. The van der Waals surface area contributed by atoms with Gasteiger partial charge >= 0.3 is 0 Å². The Bertz CT molecular complexity index is 492. The molecule has 0 spiro atoms. The standard InChI is InChI=1S/C20H29NO2/c22-19(16-6-4-5-7-16)20(17-8-2-1-3-9-17)23-18-14-21-12-10-15(18)11-13-21/h1-3,8-9,15-16,18-20,22H,4-7,10-14H2. The van der Waals surface area contributed by atoms with Crippen molar-refractivity contribution in [3.63, 3.8) is 0 Å². The maximum absolute atomic E-state index is 11.0. The van der Waals surface area contributed by atoms with Crippen LogP contribution in [0.1, 0.15) is 50.2 Å². The van der Waals surface area contributed by atoms with Crippen LogP contribution in [0.25, 0.3) is 0 Å². The normalized spacial score (nSPS) is 33.7. The fourth-order valence-electron chi connectivity index (χ4n) is 4.80. The van der Waals surface area contributed by atoms with E-state index in [1.807, 2.05) is 6.07 Å². The summed E-state index contributed by atoms with van der Waals surface area (Å²) in [6.07, 6.45) is 7.07. The van der Waals surface area contributed by atoms with Gasteiger partial charge in [-0.25, -0.2) is 0 Å². The van der Waals surface area contributed by atoms with E-state index in [0.29, 0.717) is 17.9 Å². The summed E-state index contributed by atoms with van der Waals surface area (Å²) in [5.41, 5.74) is 1.14. The fraction of sp³-hybridized carbons (Fsp3) is 0.700. The van der Waals surface area contributed by atoms with Crippen molar-refractivity contribution in [2.45, 2.75) is 56.8 Å². The van der Waals surface area contributed by atoms with Gasteiger partial charge in [-0.3, -0.25) is 0 Å². The minimum absolute atomic E-state index is 0.162. The molecule has 3 nitrogen and oxygen atoms in total. The molecule has 0 amide bonds. The summed E-state index contributed by atoms with van der Waals surface area (Å²) in [5, 5.41) is 11.0. The molecule has 0 radical (unpaired) electrons. The number of hydrogen-bond donors (Lipinski definition) is 1. The number of piperidine rings is 3. The highest BCUT2D eigenvalue weighted by molar-refractivity contribution is 5.19. The van der Waals surface area contributed by atoms with Gasteiger partial charge in [-0.2, -0.15) is 0 Å². The zero-order valence-corrected chi connectivity index (χ0v) is 13.9. The number of hydrogen-bond acceptors (Lipinski definition) is 3. The predicted octanol–water partition coefficient (Wildman–Crippen LogP) is 3.39. The molecule has 1 N–H and O–H groups in total. The zero-order valence-electron chi connectivity index (χ0n) is 13.9. The predicted molar refractivity (Wildman–Crippen MR) is 91.2 cm³/mol. The molecular formula is C20H29NO2. The first kappa shape index (κ1) is 15.6. The van der Waals surface area contributed by atoms with Gasteiger partial charge in [-0.05, 0) is 56.2 Å². The second-order valence-corrected chi connectivity index (χ2v) is 7.68. The number of benzene rings is 1. The Morgan fingerprint density at radius 2 is 1.70 bits per heavy atom. The van der Waals surface area contributed by atoms with E-state index in [1.165, 1.54) is 38.8 Å². The van der Waals surface area contributed by atoms with Crippen molar-refractivity contribution in [3.05, 3.63) is 35.9 Å². The Morgan fingerprint density at radius 3 is 2.30 bits per heavy atom. The Morgan fingerprint density at radius 1 is 1.00 bits per heavy atom. The van der Waals surface area contributed by atoms with E-state index in [1.54, 1.807) is 0 Å². The van der Waals surface area contributed by atoms with Crippen molar-refractivity contribution in [1.29, 1.82) is 0 Å². The van der Waals surface area contributed by atoms with Gasteiger partial charge in [0.1, 0.15) is 6.10 Å². The van der Waals surface area contributed by atoms with Crippen LogP contribution in [0.3, 0.4) is 0 Å². The maximum Gasteiger partial charge on any atom is 0.109 e.